The van der Waals surface area contributed by atoms with Crippen molar-refractivity contribution in [2.45, 2.75) is 13.5 Å². The van der Waals surface area contributed by atoms with Crippen LogP contribution in [0.4, 0.5) is 14.5 Å². The molecule has 0 bridgehead atoms. The molecule has 0 unspecified atom stereocenters. The van der Waals surface area contributed by atoms with Gasteiger partial charge >= 0.3 is 5.97 Å². The number of carbonyl (C=O) groups is 2. The highest BCUT2D eigenvalue weighted by molar-refractivity contribution is 6.17. The third-order valence-corrected chi connectivity index (χ3v) is 5.71. The van der Waals surface area contributed by atoms with Crippen LogP contribution in [0.25, 0.3) is 33.0 Å². The van der Waals surface area contributed by atoms with Crippen LogP contribution in [0, 0.1) is 11.6 Å². The van der Waals surface area contributed by atoms with Crippen molar-refractivity contribution in [2.75, 3.05) is 5.32 Å². The van der Waals surface area contributed by atoms with Crippen LogP contribution < -0.4 is 10.9 Å². The number of nitrogens with one attached hydrogen (secondary N) is 2. The number of carboxylic acids is 1. The number of benzene rings is 2. The Balaban J connectivity index is 1.83. The fourth-order valence-electron chi connectivity index (χ4n) is 4.30. The van der Waals surface area contributed by atoms with Crippen LogP contribution in [-0.4, -0.2) is 26.5 Å². The monoisotopic (exact) mass is 477 g/mol. The minimum Gasteiger partial charge on any atom is -0.477 e. The summed E-state index contributed by atoms with van der Waals surface area (Å²) in [5, 5.41) is 13.0. The third-order valence-electron chi connectivity index (χ3n) is 5.71. The Morgan fingerprint density at radius 3 is 2.63 bits per heavy atom. The number of H-pyrrole nitrogens is 1. The molecule has 8 nitrogen and oxygen atoms in total. The summed E-state index contributed by atoms with van der Waals surface area (Å²) in [6.45, 7) is 0.994. The Bertz CT molecular complexity index is 1710. The smallest absolute Gasteiger partial charge is 0.353 e. The van der Waals surface area contributed by atoms with Crippen molar-refractivity contribution in [3.63, 3.8) is 0 Å². The van der Waals surface area contributed by atoms with Gasteiger partial charge in [0.1, 0.15) is 22.9 Å². The molecule has 0 spiro atoms. The maximum atomic E-state index is 14.9. The first-order chi connectivity index (χ1) is 16.8. The molecule has 35 heavy (non-hydrogen) atoms. The first-order valence-electron chi connectivity index (χ1n) is 10.5. The summed E-state index contributed by atoms with van der Waals surface area (Å²) in [5.74, 6) is -3.13. The maximum absolute atomic E-state index is 14.9. The Hall–Kier alpha value is -4.73. The average molecular weight is 477 g/mol. The predicted molar refractivity (Wildman–Crippen MR) is 124 cm³/mol. The van der Waals surface area contributed by atoms with E-state index in [1.54, 1.807) is 0 Å². The molecule has 1 amide bonds. The summed E-state index contributed by atoms with van der Waals surface area (Å²) in [6.07, 6.45) is 2.67. The molecule has 0 radical (unpaired) electrons. The zero-order valence-electron chi connectivity index (χ0n) is 18.2. The molecular formula is C25H17F2N3O5. The quantitative estimate of drug-likeness (QED) is 0.338. The lowest BCUT2D eigenvalue weighted by molar-refractivity contribution is -0.114. The SMILES string of the molecule is CC(=O)Nc1ccc(Cn2c(C(=O)O)c(-c3ccc[nH]c3=O)c3c4occc4c(F)cc32)c(F)c1. The van der Waals surface area contributed by atoms with E-state index in [9.17, 15) is 28.3 Å². The minimum absolute atomic E-state index is 0.0320. The highest BCUT2D eigenvalue weighted by Gasteiger charge is 2.29. The summed E-state index contributed by atoms with van der Waals surface area (Å²) in [7, 11) is 0. The molecule has 0 fully saturated rings. The second kappa shape index (κ2) is 8.24. The summed E-state index contributed by atoms with van der Waals surface area (Å²) < 4.78 is 36.6. The number of halogens is 2. The molecular weight excluding hydrogens is 460 g/mol. The van der Waals surface area contributed by atoms with Crippen LogP contribution in [0.15, 0.2) is 64.1 Å². The van der Waals surface area contributed by atoms with Crippen molar-refractivity contribution in [2.24, 2.45) is 0 Å². The van der Waals surface area contributed by atoms with Crippen LogP contribution in [-0.2, 0) is 11.3 Å². The van der Waals surface area contributed by atoms with Crippen LogP contribution in [0.5, 0.6) is 0 Å². The number of furan rings is 1. The number of hydrogen-bond acceptors (Lipinski definition) is 4. The maximum Gasteiger partial charge on any atom is 0.353 e. The Morgan fingerprint density at radius 2 is 1.94 bits per heavy atom. The van der Waals surface area contributed by atoms with Gasteiger partial charge in [0.15, 0.2) is 0 Å². The number of aromatic nitrogens is 2. The van der Waals surface area contributed by atoms with Gasteiger partial charge in [-0.25, -0.2) is 13.6 Å². The number of rotatable bonds is 5. The van der Waals surface area contributed by atoms with Crippen molar-refractivity contribution in [1.29, 1.82) is 0 Å². The van der Waals surface area contributed by atoms with E-state index in [1.807, 2.05) is 0 Å². The molecule has 5 rings (SSSR count). The number of carboxylic acid groups (broad SMARTS) is 1. The van der Waals surface area contributed by atoms with Gasteiger partial charge in [0.2, 0.25) is 5.91 Å². The van der Waals surface area contributed by atoms with E-state index >= 15 is 0 Å². The summed E-state index contributed by atoms with van der Waals surface area (Å²) in [5.41, 5.74) is -0.299. The van der Waals surface area contributed by atoms with E-state index in [4.69, 9.17) is 4.42 Å². The number of nitrogens with zero attached hydrogens (tertiary/aromatic N) is 1. The number of aromatic amines is 1. The molecule has 3 N–H and O–H groups in total. The predicted octanol–water partition coefficient (Wildman–Crippen LogP) is 4.73. The lowest BCUT2D eigenvalue weighted by Gasteiger charge is -2.12. The Morgan fingerprint density at radius 1 is 1.14 bits per heavy atom. The van der Waals surface area contributed by atoms with Gasteiger partial charge in [-0.05, 0) is 36.4 Å². The summed E-state index contributed by atoms with van der Waals surface area (Å²) >= 11 is 0. The number of hydrogen-bond donors (Lipinski definition) is 3. The van der Waals surface area contributed by atoms with Crippen molar-refractivity contribution in [3.8, 4) is 11.1 Å². The third kappa shape index (κ3) is 3.65. The Labute approximate surface area is 195 Å². The van der Waals surface area contributed by atoms with Gasteiger partial charge in [0.05, 0.1) is 34.7 Å². The fraction of sp³-hybridized carbons (Fsp3) is 0.0800. The molecule has 0 saturated carbocycles. The lowest BCUT2D eigenvalue weighted by Crippen LogP contribution is -2.14. The van der Waals surface area contributed by atoms with Gasteiger partial charge in [0.25, 0.3) is 5.56 Å². The second-order valence-corrected chi connectivity index (χ2v) is 7.93. The van der Waals surface area contributed by atoms with Crippen LogP contribution in [0.2, 0.25) is 0 Å². The molecule has 5 aromatic rings. The molecule has 0 aliphatic heterocycles. The first kappa shape index (κ1) is 22.1. The fourth-order valence-corrected chi connectivity index (χ4v) is 4.30. The van der Waals surface area contributed by atoms with Crippen LogP contribution in [0.1, 0.15) is 23.0 Å². The standard InChI is InChI=1S/C25H17F2N3O5/c1-12(31)29-14-5-4-13(17(26)9-14)11-30-19-10-18(27)15-6-8-35-23(15)21(19)20(22(30)25(33)34)16-3-2-7-28-24(16)32/h2-10H,11H2,1H3,(H,28,32)(H,29,31)(H,33,34). The molecule has 10 heteroatoms. The van der Waals surface area contributed by atoms with Crippen molar-refractivity contribution in [1.82, 2.24) is 9.55 Å². The highest BCUT2D eigenvalue weighted by Crippen LogP contribution is 2.40. The number of anilines is 1. The van der Waals surface area contributed by atoms with Gasteiger partial charge < -0.3 is 24.4 Å². The molecule has 0 saturated heterocycles. The van der Waals surface area contributed by atoms with Gasteiger partial charge in [-0.15, -0.1) is 0 Å². The van der Waals surface area contributed by atoms with E-state index in [-0.39, 0.29) is 62.4 Å². The zero-order chi connectivity index (χ0) is 24.9. The molecule has 2 aromatic carbocycles. The molecule has 176 valence electrons. The topological polar surface area (TPSA) is 117 Å². The van der Waals surface area contributed by atoms with Crippen molar-refractivity contribution < 1.29 is 27.9 Å². The number of carbonyl (C=O) groups excluding carboxylic acids is 1. The van der Waals surface area contributed by atoms with Crippen LogP contribution in [0.3, 0.4) is 0 Å². The summed E-state index contributed by atoms with van der Waals surface area (Å²) in [6, 6.07) is 9.51. The minimum atomic E-state index is -1.39. The summed E-state index contributed by atoms with van der Waals surface area (Å²) in [4.78, 5) is 39.0. The normalized spacial score (nSPS) is 11.3. The van der Waals surface area contributed by atoms with Crippen molar-refractivity contribution >= 4 is 39.4 Å². The van der Waals surface area contributed by atoms with E-state index in [2.05, 4.69) is 10.3 Å². The number of amides is 1. The molecule has 3 aromatic heterocycles. The van der Waals surface area contributed by atoms with E-state index in [0.717, 1.165) is 12.1 Å². The number of aromatic carboxylic acids is 1. The van der Waals surface area contributed by atoms with E-state index in [0.29, 0.717) is 0 Å². The largest absolute Gasteiger partial charge is 0.477 e. The highest BCUT2D eigenvalue weighted by atomic mass is 19.1. The number of pyridine rings is 1. The second-order valence-electron chi connectivity index (χ2n) is 7.93. The number of fused-ring (bicyclic) bond motifs is 3. The lowest BCUT2D eigenvalue weighted by atomic mass is 10.0. The molecule has 0 aliphatic carbocycles. The molecule has 0 aliphatic rings. The van der Waals surface area contributed by atoms with Gasteiger partial charge in [-0.1, -0.05) is 6.07 Å². The Kier molecular flexibility index (Phi) is 5.20. The van der Waals surface area contributed by atoms with Gasteiger partial charge in [-0.2, -0.15) is 0 Å². The average Bonchev–Trinajstić information content (AvgIpc) is 3.39. The van der Waals surface area contributed by atoms with E-state index in [1.165, 1.54) is 54.3 Å². The molecule has 3 heterocycles. The zero-order valence-corrected chi connectivity index (χ0v) is 18.2. The van der Waals surface area contributed by atoms with E-state index < -0.39 is 23.2 Å². The van der Waals surface area contributed by atoms with Gasteiger partial charge in [-0.3, -0.25) is 9.59 Å². The van der Waals surface area contributed by atoms with Crippen LogP contribution >= 0.6 is 0 Å². The van der Waals surface area contributed by atoms with Gasteiger partial charge in [0, 0.05) is 29.9 Å². The molecule has 0 atom stereocenters. The first-order valence-corrected chi connectivity index (χ1v) is 10.5. The van der Waals surface area contributed by atoms with Crippen molar-refractivity contribution in [3.05, 3.63) is 88.2 Å².